The monoisotopic (exact) mass is 221 g/mol. The lowest BCUT2D eigenvalue weighted by atomic mass is 10.0. The molecule has 0 aromatic heterocycles. The van der Waals surface area contributed by atoms with Crippen LogP contribution in [0.2, 0.25) is 0 Å². The maximum absolute atomic E-state index is 9.33. The van der Waals surface area contributed by atoms with Gasteiger partial charge in [-0.3, -0.25) is 10.2 Å². The van der Waals surface area contributed by atoms with Crippen LogP contribution in [-0.2, 0) is 0 Å². The highest BCUT2D eigenvalue weighted by Crippen LogP contribution is 2.37. The molecule has 3 atom stereocenters. The third kappa shape index (κ3) is 2.39. The SMILES string of the molecule is CC(C)NC(C)(C#N)CN1CC2CCC1C2. The van der Waals surface area contributed by atoms with E-state index in [-0.39, 0.29) is 0 Å². The zero-order valence-electron chi connectivity index (χ0n) is 10.7. The predicted octanol–water partition coefficient (Wildman–Crippen LogP) is 1.75. The first-order valence-electron chi connectivity index (χ1n) is 6.45. The Kier molecular flexibility index (Phi) is 3.23. The van der Waals surface area contributed by atoms with Gasteiger partial charge >= 0.3 is 0 Å². The van der Waals surface area contributed by atoms with Crippen LogP contribution in [0.15, 0.2) is 0 Å². The fraction of sp³-hybridized carbons (Fsp3) is 0.923. The summed E-state index contributed by atoms with van der Waals surface area (Å²) >= 11 is 0. The summed E-state index contributed by atoms with van der Waals surface area (Å²) in [5, 5.41) is 12.7. The van der Waals surface area contributed by atoms with Gasteiger partial charge in [-0.05, 0) is 46.0 Å². The zero-order valence-corrected chi connectivity index (χ0v) is 10.7. The molecule has 0 aromatic rings. The van der Waals surface area contributed by atoms with Gasteiger partial charge in [-0.25, -0.2) is 0 Å². The second kappa shape index (κ2) is 4.35. The molecule has 90 valence electrons. The fourth-order valence-electron chi connectivity index (χ4n) is 3.38. The Hall–Kier alpha value is -0.590. The summed E-state index contributed by atoms with van der Waals surface area (Å²) in [6, 6.07) is 3.56. The number of nitriles is 1. The molecule has 1 aliphatic heterocycles. The van der Waals surface area contributed by atoms with Gasteiger partial charge in [0.15, 0.2) is 0 Å². The molecule has 1 aliphatic carbocycles. The van der Waals surface area contributed by atoms with Gasteiger partial charge < -0.3 is 0 Å². The van der Waals surface area contributed by atoms with Gasteiger partial charge in [0, 0.05) is 25.2 Å². The minimum absolute atomic E-state index is 0.365. The van der Waals surface area contributed by atoms with E-state index in [0.717, 1.165) is 18.5 Å². The average molecular weight is 221 g/mol. The van der Waals surface area contributed by atoms with Crippen LogP contribution in [0.1, 0.15) is 40.0 Å². The van der Waals surface area contributed by atoms with Gasteiger partial charge in [0.1, 0.15) is 5.54 Å². The Balaban J connectivity index is 1.94. The largest absolute Gasteiger partial charge is 0.297 e. The summed E-state index contributed by atoms with van der Waals surface area (Å²) in [5.41, 5.74) is -0.390. The number of hydrogen-bond donors (Lipinski definition) is 1. The normalized spacial score (nSPS) is 32.9. The molecule has 0 radical (unpaired) electrons. The van der Waals surface area contributed by atoms with E-state index in [9.17, 15) is 5.26 Å². The second-order valence-corrected chi connectivity index (χ2v) is 6.01. The van der Waals surface area contributed by atoms with Crippen LogP contribution in [0.4, 0.5) is 0 Å². The molecule has 1 heterocycles. The van der Waals surface area contributed by atoms with E-state index in [4.69, 9.17) is 0 Å². The molecule has 2 rings (SSSR count). The van der Waals surface area contributed by atoms with E-state index in [0.29, 0.717) is 6.04 Å². The lowest BCUT2D eigenvalue weighted by Crippen LogP contribution is -2.54. The van der Waals surface area contributed by atoms with E-state index in [1.807, 2.05) is 6.92 Å². The summed E-state index contributed by atoms with van der Waals surface area (Å²) < 4.78 is 0. The quantitative estimate of drug-likeness (QED) is 0.786. The van der Waals surface area contributed by atoms with Crippen LogP contribution in [0.3, 0.4) is 0 Å². The van der Waals surface area contributed by atoms with Crippen LogP contribution in [0, 0.1) is 17.2 Å². The van der Waals surface area contributed by atoms with Crippen molar-refractivity contribution in [2.24, 2.45) is 5.92 Å². The van der Waals surface area contributed by atoms with Crippen LogP contribution in [0.5, 0.6) is 0 Å². The minimum atomic E-state index is -0.390. The van der Waals surface area contributed by atoms with Crippen molar-refractivity contribution >= 4 is 0 Å². The molecule has 3 unspecified atom stereocenters. The van der Waals surface area contributed by atoms with E-state index < -0.39 is 5.54 Å². The van der Waals surface area contributed by atoms with Gasteiger partial charge in [-0.1, -0.05) is 0 Å². The van der Waals surface area contributed by atoms with Crippen molar-refractivity contribution in [3.8, 4) is 6.07 Å². The van der Waals surface area contributed by atoms with E-state index in [1.54, 1.807) is 0 Å². The maximum atomic E-state index is 9.33. The third-order valence-corrected chi connectivity index (χ3v) is 3.90. The molecule has 0 aromatic carbocycles. The van der Waals surface area contributed by atoms with Crippen LogP contribution < -0.4 is 5.32 Å². The molecule has 2 fully saturated rings. The molecule has 3 nitrogen and oxygen atoms in total. The number of nitrogens with zero attached hydrogens (tertiary/aromatic N) is 2. The molecule has 2 aliphatic rings. The summed E-state index contributed by atoms with van der Waals surface area (Å²) in [6.07, 6.45) is 4.11. The fourth-order valence-corrected chi connectivity index (χ4v) is 3.38. The van der Waals surface area contributed by atoms with E-state index in [1.165, 1.54) is 25.8 Å². The summed E-state index contributed by atoms with van der Waals surface area (Å²) in [5.74, 6) is 0.909. The van der Waals surface area contributed by atoms with Crippen LogP contribution in [0.25, 0.3) is 0 Å². The van der Waals surface area contributed by atoms with Crippen molar-refractivity contribution in [1.82, 2.24) is 10.2 Å². The van der Waals surface area contributed by atoms with Crippen LogP contribution in [-0.4, -0.2) is 35.6 Å². The average Bonchev–Trinajstić information content (AvgIpc) is 2.77. The number of hydrogen-bond acceptors (Lipinski definition) is 3. The first-order valence-corrected chi connectivity index (χ1v) is 6.45. The van der Waals surface area contributed by atoms with Crippen molar-refractivity contribution in [1.29, 1.82) is 5.26 Å². The second-order valence-electron chi connectivity index (χ2n) is 6.01. The number of nitrogens with one attached hydrogen (secondary N) is 1. The molecule has 16 heavy (non-hydrogen) atoms. The van der Waals surface area contributed by atoms with Gasteiger partial charge in [-0.2, -0.15) is 5.26 Å². The lowest BCUT2D eigenvalue weighted by molar-refractivity contribution is 0.170. The Morgan fingerprint density at radius 3 is 2.69 bits per heavy atom. The Labute approximate surface area is 98.8 Å². The molecule has 3 heteroatoms. The minimum Gasteiger partial charge on any atom is -0.297 e. The highest BCUT2D eigenvalue weighted by Gasteiger charge is 2.40. The highest BCUT2D eigenvalue weighted by molar-refractivity contribution is 5.08. The van der Waals surface area contributed by atoms with Crippen LogP contribution >= 0.6 is 0 Å². The number of rotatable bonds is 4. The van der Waals surface area contributed by atoms with E-state index >= 15 is 0 Å². The van der Waals surface area contributed by atoms with Crippen molar-refractivity contribution in [2.75, 3.05) is 13.1 Å². The lowest BCUT2D eigenvalue weighted by Gasteiger charge is -2.35. The molecule has 2 bridgehead atoms. The smallest absolute Gasteiger partial charge is 0.116 e. The number of fused-ring (bicyclic) bond motifs is 2. The molecule has 0 spiro atoms. The predicted molar refractivity (Wildman–Crippen MR) is 65.0 cm³/mol. The molecule has 1 N–H and O–H groups in total. The van der Waals surface area contributed by atoms with Gasteiger partial charge in [0.05, 0.1) is 6.07 Å². The topological polar surface area (TPSA) is 39.1 Å². The Morgan fingerprint density at radius 2 is 2.25 bits per heavy atom. The first kappa shape index (κ1) is 11.9. The van der Waals surface area contributed by atoms with Crippen molar-refractivity contribution < 1.29 is 0 Å². The molecular weight excluding hydrogens is 198 g/mol. The molecule has 1 saturated heterocycles. The molecular formula is C13H23N3. The van der Waals surface area contributed by atoms with Gasteiger partial charge in [0.2, 0.25) is 0 Å². The van der Waals surface area contributed by atoms with E-state index in [2.05, 4.69) is 30.1 Å². The van der Waals surface area contributed by atoms with Gasteiger partial charge in [-0.15, -0.1) is 0 Å². The van der Waals surface area contributed by atoms with Crippen molar-refractivity contribution in [2.45, 2.75) is 57.7 Å². The number of likely N-dealkylation sites (tertiary alicyclic amines) is 1. The van der Waals surface area contributed by atoms with Crippen molar-refractivity contribution in [3.05, 3.63) is 0 Å². The Morgan fingerprint density at radius 1 is 1.50 bits per heavy atom. The standard InChI is InChI=1S/C13H23N3/c1-10(2)15-13(3,8-14)9-16-7-11-4-5-12(16)6-11/h10-12,15H,4-7,9H2,1-3H3. The van der Waals surface area contributed by atoms with Gasteiger partial charge in [0.25, 0.3) is 0 Å². The maximum Gasteiger partial charge on any atom is 0.116 e. The summed E-state index contributed by atoms with van der Waals surface area (Å²) in [7, 11) is 0. The summed E-state index contributed by atoms with van der Waals surface area (Å²) in [4.78, 5) is 2.52. The number of piperidine rings is 1. The Bertz CT molecular complexity index is 294. The third-order valence-electron chi connectivity index (χ3n) is 3.90. The summed E-state index contributed by atoms with van der Waals surface area (Å²) in [6.45, 7) is 8.32. The first-order chi connectivity index (χ1) is 7.52. The molecule has 1 saturated carbocycles. The zero-order chi connectivity index (χ0) is 11.8. The molecule has 0 amide bonds. The van der Waals surface area contributed by atoms with Crippen molar-refractivity contribution in [3.63, 3.8) is 0 Å². The highest BCUT2D eigenvalue weighted by atomic mass is 15.2.